The summed E-state index contributed by atoms with van der Waals surface area (Å²) in [7, 11) is 0. The monoisotopic (exact) mass is 353 g/mol. The molecule has 0 aromatic heterocycles. The summed E-state index contributed by atoms with van der Waals surface area (Å²) in [4.78, 5) is 13.3. The first kappa shape index (κ1) is 18.5. The minimum absolute atomic E-state index is 0.0673. The molecule has 0 saturated carbocycles. The highest BCUT2D eigenvalue weighted by atomic mass is 16.5. The van der Waals surface area contributed by atoms with Crippen LogP contribution >= 0.6 is 0 Å². The molecule has 3 rings (SSSR count). The average molecular weight is 353 g/mol. The van der Waals surface area contributed by atoms with E-state index in [1.807, 2.05) is 30.3 Å². The third kappa shape index (κ3) is 5.60. The molecule has 0 radical (unpaired) electrons. The van der Waals surface area contributed by atoms with E-state index in [-0.39, 0.29) is 18.5 Å². The number of nitrogens with zero attached hydrogens (tertiary/aromatic N) is 1. The van der Waals surface area contributed by atoms with Crippen molar-refractivity contribution in [2.24, 2.45) is 0 Å². The van der Waals surface area contributed by atoms with Gasteiger partial charge in [0.05, 0.1) is 13.2 Å². The smallest absolute Gasteiger partial charge is 0.155 e. The van der Waals surface area contributed by atoms with Gasteiger partial charge in [0, 0.05) is 12.2 Å². The number of carbonyl (C=O) groups is 1. The number of hydrogen-bond acceptors (Lipinski definition) is 4. The summed E-state index contributed by atoms with van der Waals surface area (Å²) >= 11 is 0. The van der Waals surface area contributed by atoms with E-state index in [0.29, 0.717) is 6.61 Å². The molecule has 4 heteroatoms. The predicted octanol–water partition coefficient (Wildman–Crippen LogP) is 3.88. The largest absolute Gasteiger partial charge is 0.489 e. The summed E-state index contributed by atoms with van der Waals surface area (Å²) in [5, 5.41) is 0. The number of ketones is 1. The van der Waals surface area contributed by atoms with Gasteiger partial charge in [0.2, 0.25) is 0 Å². The lowest BCUT2D eigenvalue weighted by Gasteiger charge is -2.34. The van der Waals surface area contributed by atoms with E-state index in [0.717, 1.165) is 38.1 Å². The zero-order chi connectivity index (χ0) is 18.2. The number of hydrogen-bond donors (Lipinski definition) is 0. The Hall–Kier alpha value is -2.33. The molecule has 1 saturated heterocycles. The van der Waals surface area contributed by atoms with E-state index < -0.39 is 0 Å². The second-order valence-corrected chi connectivity index (χ2v) is 6.81. The molecule has 138 valence electrons. The average Bonchev–Trinajstić information content (AvgIpc) is 2.67. The van der Waals surface area contributed by atoms with Gasteiger partial charge in [0.1, 0.15) is 18.5 Å². The Balaban J connectivity index is 1.51. The number of anilines is 1. The van der Waals surface area contributed by atoms with Crippen LogP contribution in [0.15, 0.2) is 54.6 Å². The van der Waals surface area contributed by atoms with Crippen molar-refractivity contribution in [1.82, 2.24) is 0 Å². The van der Waals surface area contributed by atoms with Crippen LogP contribution in [0.4, 0.5) is 5.69 Å². The van der Waals surface area contributed by atoms with Crippen molar-refractivity contribution < 1.29 is 14.3 Å². The molecule has 1 fully saturated rings. The van der Waals surface area contributed by atoms with E-state index in [2.05, 4.69) is 29.2 Å². The third-order valence-corrected chi connectivity index (χ3v) is 4.57. The molecule has 26 heavy (non-hydrogen) atoms. The van der Waals surface area contributed by atoms with Crippen LogP contribution in [0.1, 0.15) is 25.3 Å². The van der Waals surface area contributed by atoms with Gasteiger partial charge in [0.15, 0.2) is 5.78 Å². The second-order valence-electron chi connectivity index (χ2n) is 6.81. The highest BCUT2D eigenvalue weighted by molar-refractivity contribution is 5.76. The number of para-hydroxylation sites is 1. The van der Waals surface area contributed by atoms with Gasteiger partial charge < -0.3 is 14.4 Å². The molecule has 0 amide bonds. The molecule has 0 spiro atoms. The molecule has 1 aliphatic heterocycles. The second kappa shape index (κ2) is 9.39. The summed E-state index contributed by atoms with van der Waals surface area (Å²) in [6, 6.07) is 18.7. The van der Waals surface area contributed by atoms with Gasteiger partial charge in [-0.25, -0.2) is 0 Å². The molecular weight excluding hydrogens is 326 g/mol. The molecule has 0 N–H and O–H groups in total. The standard InChI is InChI=1S/C22H27NO3/c1-18(24)17-25-15-13-19-9-11-20(12-10-19)23-14-5-8-22(16-23)26-21-6-3-2-4-7-21/h2-4,6-7,9-12,22H,5,8,13-17H2,1H3. The maximum atomic E-state index is 10.9. The van der Waals surface area contributed by atoms with Crippen molar-refractivity contribution >= 4 is 11.5 Å². The third-order valence-electron chi connectivity index (χ3n) is 4.57. The summed E-state index contributed by atoms with van der Waals surface area (Å²) in [6.45, 7) is 4.30. The van der Waals surface area contributed by atoms with E-state index in [1.165, 1.54) is 11.3 Å². The summed E-state index contributed by atoms with van der Waals surface area (Å²) in [5.41, 5.74) is 2.46. The number of carbonyl (C=O) groups excluding carboxylic acids is 1. The van der Waals surface area contributed by atoms with Gasteiger partial charge in [-0.1, -0.05) is 30.3 Å². The first-order chi connectivity index (χ1) is 12.7. The Bertz CT molecular complexity index is 684. The number of rotatable bonds is 8. The van der Waals surface area contributed by atoms with Gasteiger partial charge in [-0.3, -0.25) is 4.79 Å². The van der Waals surface area contributed by atoms with Crippen LogP contribution < -0.4 is 9.64 Å². The van der Waals surface area contributed by atoms with Gasteiger partial charge in [0.25, 0.3) is 0 Å². The highest BCUT2D eigenvalue weighted by Gasteiger charge is 2.21. The minimum atomic E-state index is 0.0673. The molecule has 4 nitrogen and oxygen atoms in total. The lowest BCUT2D eigenvalue weighted by Crippen LogP contribution is -2.41. The molecule has 0 aliphatic carbocycles. The molecule has 0 bridgehead atoms. The summed E-state index contributed by atoms with van der Waals surface area (Å²) in [5.74, 6) is 1.01. The van der Waals surface area contributed by atoms with Crippen molar-refractivity contribution in [3.05, 3.63) is 60.2 Å². The highest BCUT2D eigenvalue weighted by Crippen LogP contribution is 2.23. The van der Waals surface area contributed by atoms with Crippen LogP contribution in [0.5, 0.6) is 5.75 Å². The van der Waals surface area contributed by atoms with Gasteiger partial charge >= 0.3 is 0 Å². The minimum Gasteiger partial charge on any atom is -0.489 e. The number of Topliss-reactive ketones (excluding diaryl/α,β-unsaturated/α-hetero) is 1. The number of benzene rings is 2. The molecule has 1 unspecified atom stereocenters. The van der Waals surface area contributed by atoms with Crippen molar-refractivity contribution in [1.29, 1.82) is 0 Å². The Labute approximate surface area is 155 Å². The maximum absolute atomic E-state index is 10.9. The maximum Gasteiger partial charge on any atom is 0.155 e. The topological polar surface area (TPSA) is 38.8 Å². The SMILES string of the molecule is CC(=O)COCCc1ccc(N2CCCC(Oc3ccccc3)C2)cc1. The fraction of sp³-hybridized carbons (Fsp3) is 0.409. The van der Waals surface area contributed by atoms with E-state index >= 15 is 0 Å². The van der Waals surface area contributed by atoms with Crippen LogP contribution in [0.25, 0.3) is 0 Å². The van der Waals surface area contributed by atoms with Gasteiger partial charge in [-0.15, -0.1) is 0 Å². The van der Waals surface area contributed by atoms with E-state index in [1.54, 1.807) is 6.92 Å². The van der Waals surface area contributed by atoms with E-state index in [9.17, 15) is 4.79 Å². The molecule has 1 heterocycles. The molecule has 2 aromatic rings. The van der Waals surface area contributed by atoms with Crippen molar-refractivity contribution in [3.63, 3.8) is 0 Å². The Morgan fingerprint density at radius 3 is 2.62 bits per heavy atom. The predicted molar refractivity (Wildman–Crippen MR) is 104 cm³/mol. The number of ether oxygens (including phenoxy) is 2. The lowest BCUT2D eigenvalue weighted by atomic mass is 10.1. The molecule has 1 atom stereocenters. The van der Waals surface area contributed by atoms with Crippen LogP contribution in [0.2, 0.25) is 0 Å². The van der Waals surface area contributed by atoms with E-state index in [4.69, 9.17) is 9.47 Å². The van der Waals surface area contributed by atoms with Crippen LogP contribution in [-0.2, 0) is 16.0 Å². The van der Waals surface area contributed by atoms with Crippen molar-refractivity contribution in [2.45, 2.75) is 32.3 Å². The van der Waals surface area contributed by atoms with Crippen LogP contribution in [0, 0.1) is 0 Å². The molecule has 1 aliphatic rings. The van der Waals surface area contributed by atoms with Crippen molar-refractivity contribution in [3.8, 4) is 5.75 Å². The lowest BCUT2D eigenvalue weighted by molar-refractivity contribution is -0.121. The zero-order valence-corrected chi connectivity index (χ0v) is 15.4. The zero-order valence-electron chi connectivity index (χ0n) is 15.4. The fourth-order valence-electron chi connectivity index (χ4n) is 3.24. The molecule has 2 aromatic carbocycles. The summed E-state index contributed by atoms with van der Waals surface area (Å²) in [6.07, 6.45) is 3.29. The summed E-state index contributed by atoms with van der Waals surface area (Å²) < 4.78 is 11.5. The Morgan fingerprint density at radius 2 is 1.88 bits per heavy atom. The van der Waals surface area contributed by atoms with Crippen molar-refractivity contribution in [2.75, 3.05) is 31.2 Å². The fourth-order valence-corrected chi connectivity index (χ4v) is 3.24. The first-order valence-electron chi connectivity index (χ1n) is 9.33. The van der Waals surface area contributed by atoms with Gasteiger partial charge in [-0.2, -0.15) is 0 Å². The quantitative estimate of drug-likeness (QED) is 0.675. The van der Waals surface area contributed by atoms with Crippen LogP contribution in [-0.4, -0.2) is 38.2 Å². The van der Waals surface area contributed by atoms with Gasteiger partial charge in [-0.05, 0) is 56.0 Å². The molecular formula is C22H27NO3. The normalized spacial score (nSPS) is 17.1. The number of piperidine rings is 1. The van der Waals surface area contributed by atoms with Crippen LogP contribution in [0.3, 0.4) is 0 Å². The Kier molecular flexibility index (Phi) is 6.67. The first-order valence-corrected chi connectivity index (χ1v) is 9.33. The Morgan fingerprint density at radius 1 is 1.12 bits per heavy atom.